The van der Waals surface area contributed by atoms with Crippen molar-refractivity contribution in [2.45, 2.75) is 56.3 Å². The number of nitrogens with zero attached hydrogens (tertiary/aromatic N) is 8. The molecule has 4 fully saturated rings. The van der Waals surface area contributed by atoms with Crippen LogP contribution in [0.3, 0.4) is 0 Å². The van der Waals surface area contributed by atoms with Crippen molar-refractivity contribution >= 4 is 73.5 Å². The Balaban J connectivity index is 0.724. The SMILES string of the molecule is C[C@@H](Oc1ccc2[nH]nc(-c3ccc(N4CCN(S(=O)(=O)C5CCN(C(=O)CN6CCC(c7ccc(N8CCC(=O)NC8=O)cc7)CC6)CC5)CC4)nc3)c2c1)c1c(Cl)cncc1Cl. The molecule has 0 unspecified atom stereocenters. The fraction of sp³-hybridized carbons (Fsp3) is 0.422. The number of rotatable bonds is 11. The normalized spacial score (nSPS) is 19.3. The third kappa shape index (κ3) is 9.27. The molecule has 0 radical (unpaired) electrons. The van der Waals surface area contributed by atoms with Gasteiger partial charge in [-0.05, 0) is 99.6 Å². The molecule has 4 aliphatic rings. The summed E-state index contributed by atoms with van der Waals surface area (Å²) in [5, 5.41) is 11.2. The standard InChI is InChI=1S/C45H50Cl2N10O6S/c1-29(43-37(46)26-48-27-38(43)47)63-34-7-8-39-36(24-34)44(52-51-39)32-4-9-40(49-25-32)54-20-22-56(23-21-54)64(61,62)35-12-17-55(18-13-35)42(59)28-53-15-10-31(11-16-53)30-2-5-33(6-3-30)57-19-14-41(58)50-45(57)60/h2-9,24-27,29,31,35H,10-23,28H2,1H3,(H,51,52)(H,50,58,60)/t29-/m1/s1. The van der Waals surface area contributed by atoms with Crippen molar-refractivity contribution in [1.29, 1.82) is 0 Å². The van der Waals surface area contributed by atoms with Crippen molar-refractivity contribution in [2.24, 2.45) is 0 Å². The zero-order valence-electron chi connectivity index (χ0n) is 35.5. The number of hydrogen-bond donors (Lipinski definition) is 2. The minimum absolute atomic E-state index is 0.0476. The van der Waals surface area contributed by atoms with Gasteiger partial charge in [-0.1, -0.05) is 35.3 Å². The van der Waals surface area contributed by atoms with Crippen molar-refractivity contribution in [1.82, 2.24) is 39.6 Å². The molecule has 4 saturated heterocycles. The van der Waals surface area contributed by atoms with E-state index in [1.54, 1.807) is 27.8 Å². The maximum atomic E-state index is 13.8. The van der Waals surface area contributed by atoms with Crippen LogP contribution in [0.5, 0.6) is 5.75 Å². The number of nitrogens with one attached hydrogen (secondary N) is 2. The first kappa shape index (κ1) is 43.9. The van der Waals surface area contributed by atoms with E-state index in [9.17, 15) is 22.8 Å². The highest BCUT2D eigenvalue weighted by atomic mass is 35.5. The van der Waals surface area contributed by atoms with Crippen molar-refractivity contribution in [3.8, 4) is 17.0 Å². The molecule has 9 rings (SSSR count). The molecule has 7 heterocycles. The van der Waals surface area contributed by atoms with E-state index in [1.165, 1.54) is 5.56 Å². The topological polar surface area (TPSA) is 177 Å². The molecule has 5 aromatic rings. The summed E-state index contributed by atoms with van der Waals surface area (Å²) in [5.74, 6) is 1.54. The highest BCUT2D eigenvalue weighted by Gasteiger charge is 2.38. The first-order chi connectivity index (χ1) is 30.9. The number of halogens is 2. The lowest BCUT2D eigenvalue weighted by molar-refractivity contribution is -0.133. The van der Waals surface area contributed by atoms with E-state index in [2.05, 4.69) is 42.4 Å². The van der Waals surface area contributed by atoms with Gasteiger partial charge in [0.15, 0.2) is 0 Å². The third-order valence-corrected chi connectivity index (χ3v) is 16.0. The predicted molar refractivity (Wildman–Crippen MR) is 245 cm³/mol. The Morgan fingerprint density at radius 3 is 2.25 bits per heavy atom. The number of urea groups is 1. The summed E-state index contributed by atoms with van der Waals surface area (Å²) in [7, 11) is -3.54. The monoisotopic (exact) mass is 928 g/mol. The van der Waals surface area contributed by atoms with Crippen LogP contribution in [0.15, 0.2) is 73.2 Å². The van der Waals surface area contributed by atoms with E-state index in [0.29, 0.717) is 92.5 Å². The molecule has 0 spiro atoms. The molecule has 2 aromatic carbocycles. The van der Waals surface area contributed by atoms with Gasteiger partial charge in [0.2, 0.25) is 21.8 Å². The second-order valence-electron chi connectivity index (χ2n) is 16.9. The average molecular weight is 930 g/mol. The number of fused-ring (bicyclic) bond motifs is 1. The summed E-state index contributed by atoms with van der Waals surface area (Å²) in [4.78, 5) is 53.6. The lowest BCUT2D eigenvalue weighted by atomic mass is 9.89. The predicted octanol–water partition coefficient (Wildman–Crippen LogP) is 6.24. The summed E-state index contributed by atoms with van der Waals surface area (Å²) in [5.41, 5.74) is 5.02. The number of piperazine rings is 1. The summed E-state index contributed by atoms with van der Waals surface area (Å²) in [6.45, 7) is 6.79. The number of pyridine rings is 2. The summed E-state index contributed by atoms with van der Waals surface area (Å²) < 4.78 is 35.5. The van der Waals surface area contributed by atoms with Gasteiger partial charge in [-0.3, -0.25) is 34.8 Å². The molecule has 0 aliphatic carbocycles. The highest BCUT2D eigenvalue weighted by molar-refractivity contribution is 7.89. The number of sulfonamides is 1. The molecular formula is C45H50Cl2N10O6S. The number of imide groups is 1. The molecule has 0 bridgehead atoms. The van der Waals surface area contributed by atoms with Crippen molar-refractivity contribution in [3.05, 3.63) is 94.4 Å². The largest absolute Gasteiger partial charge is 0.486 e. The van der Waals surface area contributed by atoms with Crippen LogP contribution in [0.4, 0.5) is 16.3 Å². The third-order valence-electron chi connectivity index (χ3n) is 13.0. The Kier molecular flexibility index (Phi) is 12.8. The number of anilines is 2. The van der Waals surface area contributed by atoms with Crippen LogP contribution in [0.1, 0.15) is 62.2 Å². The van der Waals surface area contributed by atoms with Gasteiger partial charge in [0.05, 0.1) is 27.4 Å². The number of likely N-dealkylation sites (tertiary alicyclic amines) is 2. The van der Waals surface area contributed by atoms with Crippen LogP contribution >= 0.6 is 23.2 Å². The first-order valence-electron chi connectivity index (χ1n) is 21.8. The number of carbonyl (C=O) groups is 3. The van der Waals surface area contributed by atoms with E-state index in [1.807, 2.05) is 54.3 Å². The molecule has 2 N–H and O–H groups in total. The molecule has 19 heteroatoms. The van der Waals surface area contributed by atoms with Crippen molar-refractivity contribution in [2.75, 3.05) is 75.2 Å². The number of amides is 4. The number of aromatic amines is 1. The maximum absolute atomic E-state index is 13.8. The Labute approximate surface area is 381 Å². The van der Waals surface area contributed by atoms with E-state index in [4.69, 9.17) is 32.9 Å². The molecular weight excluding hydrogens is 880 g/mol. The second-order valence-corrected chi connectivity index (χ2v) is 19.9. The fourth-order valence-corrected chi connectivity index (χ4v) is 11.9. The molecule has 3 aromatic heterocycles. The molecule has 336 valence electrons. The summed E-state index contributed by atoms with van der Waals surface area (Å²) in [6.07, 6.45) is 7.41. The van der Waals surface area contributed by atoms with Gasteiger partial charge >= 0.3 is 6.03 Å². The summed E-state index contributed by atoms with van der Waals surface area (Å²) >= 11 is 12.7. The molecule has 16 nitrogen and oxygen atoms in total. The number of carbonyl (C=O) groups excluding carboxylic acids is 3. The molecule has 4 amide bonds. The molecule has 1 atom stereocenters. The minimum atomic E-state index is -3.54. The Morgan fingerprint density at radius 1 is 0.859 bits per heavy atom. The highest BCUT2D eigenvalue weighted by Crippen LogP contribution is 2.36. The summed E-state index contributed by atoms with van der Waals surface area (Å²) in [6, 6.07) is 17.2. The number of piperidine rings is 2. The van der Waals surface area contributed by atoms with Gasteiger partial charge in [-0.25, -0.2) is 18.2 Å². The van der Waals surface area contributed by atoms with Gasteiger partial charge in [-0.15, -0.1) is 0 Å². The quantitative estimate of drug-likeness (QED) is 0.153. The van der Waals surface area contributed by atoms with E-state index in [-0.39, 0.29) is 18.2 Å². The number of H-pyrrole nitrogens is 1. The van der Waals surface area contributed by atoms with E-state index in [0.717, 1.165) is 59.6 Å². The number of hydrogen-bond acceptors (Lipinski definition) is 11. The van der Waals surface area contributed by atoms with Gasteiger partial charge in [0, 0.05) is 93.0 Å². The Bertz CT molecular complexity index is 2610. The van der Waals surface area contributed by atoms with Gasteiger partial charge in [0.1, 0.15) is 23.4 Å². The van der Waals surface area contributed by atoms with Crippen LogP contribution in [0, 0.1) is 0 Å². The molecule has 4 aliphatic heterocycles. The zero-order valence-corrected chi connectivity index (χ0v) is 37.8. The van der Waals surface area contributed by atoms with Gasteiger partial charge in [-0.2, -0.15) is 9.40 Å². The average Bonchev–Trinajstić information content (AvgIpc) is 3.73. The van der Waals surface area contributed by atoms with Gasteiger partial charge in [0.25, 0.3) is 0 Å². The maximum Gasteiger partial charge on any atom is 0.328 e. The first-order valence-corrected chi connectivity index (χ1v) is 24.0. The number of ether oxygens (including phenoxy) is 1. The molecule has 64 heavy (non-hydrogen) atoms. The van der Waals surface area contributed by atoms with Crippen LogP contribution in [-0.4, -0.2) is 131 Å². The number of benzene rings is 2. The lowest BCUT2D eigenvalue weighted by Gasteiger charge is -2.39. The second kappa shape index (κ2) is 18.6. The zero-order chi connectivity index (χ0) is 44.5. The number of aromatic nitrogens is 4. The van der Waals surface area contributed by atoms with Crippen molar-refractivity contribution in [3.63, 3.8) is 0 Å². The van der Waals surface area contributed by atoms with Crippen LogP contribution in [-0.2, 0) is 19.6 Å². The van der Waals surface area contributed by atoms with Crippen LogP contribution < -0.4 is 19.9 Å². The Hall–Kier alpha value is -5.33. The van der Waals surface area contributed by atoms with Gasteiger partial charge < -0.3 is 14.5 Å². The fourth-order valence-electron chi connectivity index (χ4n) is 9.31. The van der Waals surface area contributed by atoms with Crippen LogP contribution in [0.2, 0.25) is 10.0 Å². The van der Waals surface area contributed by atoms with Crippen LogP contribution in [0.25, 0.3) is 22.2 Å². The lowest BCUT2D eigenvalue weighted by Crippen LogP contribution is -2.54. The minimum Gasteiger partial charge on any atom is -0.486 e. The Morgan fingerprint density at radius 2 is 1.58 bits per heavy atom. The van der Waals surface area contributed by atoms with E-state index < -0.39 is 27.4 Å². The van der Waals surface area contributed by atoms with E-state index >= 15 is 0 Å². The smallest absolute Gasteiger partial charge is 0.328 e. The van der Waals surface area contributed by atoms with Crippen molar-refractivity contribution < 1.29 is 27.5 Å². The molecule has 0 saturated carbocycles.